The van der Waals surface area contributed by atoms with Crippen molar-refractivity contribution < 1.29 is 28.6 Å². The van der Waals surface area contributed by atoms with E-state index in [1.54, 1.807) is 0 Å². The van der Waals surface area contributed by atoms with Crippen LogP contribution in [0.3, 0.4) is 0 Å². The maximum Gasteiger partial charge on any atom is 0.350 e. The lowest BCUT2D eigenvalue weighted by atomic mass is 10.1. The molecule has 0 saturated carbocycles. The van der Waals surface area contributed by atoms with E-state index in [4.69, 9.17) is 4.74 Å². The predicted octanol–water partition coefficient (Wildman–Crippen LogP) is 0.0443. The molecule has 0 aliphatic heterocycles. The summed E-state index contributed by atoms with van der Waals surface area (Å²) in [7, 11) is 1.24. The molecule has 0 unspecified atom stereocenters. The zero-order valence-corrected chi connectivity index (χ0v) is 8.94. The van der Waals surface area contributed by atoms with E-state index < -0.39 is 17.5 Å². The molecule has 86 valence electrons. The topological polar surface area (TPSA) is 78.9 Å². The molecule has 0 N–H and O–H groups in total. The van der Waals surface area contributed by atoms with Gasteiger partial charge in [0.15, 0.2) is 0 Å². The van der Waals surface area contributed by atoms with Crippen LogP contribution >= 0.6 is 0 Å². The molecule has 0 aliphatic rings. The second kappa shape index (κ2) is 6.00. The smallest absolute Gasteiger partial charge is 0.350 e. The van der Waals surface area contributed by atoms with E-state index in [1.165, 1.54) is 21.0 Å². The second-order valence-electron chi connectivity index (χ2n) is 3.19. The first kappa shape index (κ1) is 13.4. The van der Waals surface area contributed by atoms with Gasteiger partial charge in [0.05, 0.1) is 13.5 Å². The van der Waals surface area contributed by atoms with Gasteiger partial charge in [-0.2, -0.15) is 0 Å². The Bertz CT molecular complexity index is 245. The van der Waals surface area contributed by atoms with Crippen molar-refractivity contribution in [2.24, 2.45) is 0 Å². The third kappa shape index (κ3) is 4.99. The first-order valence-electron chi connectivity index (χ1n) is 4.29. The summed E-state index contributed by atoms with van der Waals surface area (Å²) in [4.78, 5) is 32.0. The molecule has 0 heterocycles. The van der Waals surface area contributed by atoms with Crippen molar-refractivity contribution in [3.05, 3.63) is 0 Å². The fraction of sp³-hybridized carbons (Fsp3) is 0.667. The maximum absolute atomic E-state index is 11.3. The highest BCUT2D eigenvalue weighted by molar-refractivity contribution is 5.80. The van der Waals surface area contributed by atoms with Crippen LogP contribution in [-0.2, 0) is 28.6 Å². The standard InChI is InChI=1S/C9H14O6/c1-9(2,15-6-10)8(12)14-5-4-7(11)13-3/h6H,4-5H2,1-3H3. The van der Waals surface area contributed by atoms with Crippen LogP contribution in [-0.4, -0.2) is 37.7 Å². The Kier molecular flexibility index (Phi) is 5.36. The molecule has 15 heavy (non-hydrogen) atoms. The fourth-order valence-electron chi connectivity index (χ4n) is 0.671. The third-order valence-corrected chi connectivity index (χ3v) is 1.60. The molecule has 0 fully saturated rings. The zero-order chi connectivity index (χ0) is 11.9. The highest BCUT2D eigenvalue weighted by atomic mass is 16.6. The van der Waals surface area contributed by atoms with Crippen LogP contribution in [0.4, 0.5) is 0 Å². The molecule has 0 aromatic carbocycles. The molecule has 0 amide bonds. The molecule has 0 aromatic heterocycles. The number of hydrogen-bond donors (Lipinski definition) is 0. The lowest BCUT2D eigenvalue weighted by molar-refractivity contribution is -0.172. The summed E-state index contributed by atoms with van der Waals surface area (Å²) in [5.74, 6) is -1.18. The predicted molar refractivity (Wildman–Crippen MR) is 48.8 cm³/mol. The highest BCUT2D eigenvalue weighted by Gasteiger charge is 2.31. The summed E-state index contributed by atoms with van der Waals surface area (Å²) in [6.45, 7) is 2.85. The average Bonchev–Trinajstić information content (AvgIpc) is 2.17. The van der Waals surface area contributed by atoms with E-state index in [0.717, 1.165) is 0 Å². The molecule has 6 heteroatoms. The molecule has 0 aromatic rings. The lowest BCUT2D eigenvalue weighted by Crippen LogP contribution is -2.36. The van der Waals surface area contributed by atoms with Crippen LogP contribution in [0.2, 0.25) is 0 Å². The van der Waals surface area contributed by atoms with Crippen molar-refractivity contribution in [3.63, 3.8) is 0 Å². The molecule has 0 atom stereocenters. The van der Waals surface area contributed by atoms with Crippen LogP contribution < -0.4 is 0 Å². The van der Waals surface area contributed by atoms with Crippen molar-refractivity contribution in [2.75, 3.05) is 13.7 Å². The van der Waals surface area contributed by atoms with E-state index in [2.05, 4.69) is 9.47 Å². The Balaban J connectivity index is 3.93. The fourth-order valence-corrected chi connectivity index (χ4v) is 0.671. The average molecular weight is 218 g/mol. The Morgan fingerprint density at radius 3 is 2.40 bits per heavy atom. The van der Waals surface area contributed by atoms with Crippen LogP contribution in [0.1, 0.15) is 20.3 Å². The van der Waals surface area contributed by atoms with Crippen molar-refractivity contribution in [1.29, 1.82) is 0 Å². The van der Waals surface area contributed by atoms with Gasteiger partial charge in [-0.15, -0.1) is 0 Å². The zero-order valence-electron chi connectivity index (χ0n) is 8.94. The van der Waals surface area contributed by atoms with Crippen molar-refractivity contribution in [2.45, 2.75) is 25.9 Å². The summed E-state index contributed by atoms with van der Waals surface area (Å²) in [6.07, 6.45) is -0.0284. The van der Waals surface area contributed by atoms with E-state index in [0.29, 0.717) is 0 Å². The number of ether oxygens (including phenoxy) is 3. The first-order chi connectivity index (χ1) is 6.94. The van der Waals surface area contributed by atoms with Gasteiger partial charge in [-0.3, -0.25) is 9.59 Å². The summed E-state index contributed by atoms with van der Waals surface area (Å²) in [5.41, 5.74) is -1.34. The first-order valence-corrected chi connectivity index (χ1v) is 4.29. The van der Waals surface area contributed by atoms with Gasteiger partial charge in [0.2, 0.25) is 5.60 Å². The lowest BCUT2D eigenvalue weighted by Gasteiger charge is -2.19. The van der Waals surface area contributed by atoms with Gasteiger partial charge in [0.1, 0.15) is 6.61 Å². The summed E-state index contributed by atoms with van der Waals surface area (Å²) in [6, 6.07) is 0. The number of rotatable bonds is 6. The van der Waals surface area contributed by atoms with Crippen molar-refractivity contribution >= 4 is 18.4 Å². The minimum atomic E-state index is -1.34. The molecule has 6 nitrogen and oxygen atoms in total. The van der Waals surface area contributed by atoms with E-state index in [9.17, 15) is 14.4 Å². The van der Waals surface area contributed by atoms with Crippen LogP contribution in [0, 0.1) is 0 Å². The number of hydrogen-bond acceptors (Lipinski definition) is 6. The Morgan fingerprint density at radius 2 is 1.93 bits per heavy atom. The Labute approximate surface area is 87.5 Å². The minimum Gasteiger partial charge on any atom is -0.469 e. The van der Waals surface area contributed by atoms with Crippen molar-refractivity contribution in [3.8, 4) is 0 Å². The molecule has 0 rings (SSSR count). The second-order valence-corrected chi connectivity index (χ2v) is 3.19. The monoisotopic (exact) mass is 218 g/mol. The molecular formula is C9H14O6. The number of methoxy groups -OCH3 is 1. The maximum atomic E-state index is 11.3. The van der Waals surface area contributed by atoms with E-state index >= 15 is 0 Å². The van der Waals surface area contributed by atoms with Gasteiger partial charge < -0.3 is 14.2 Å². The SMILES string of the molecule is COC(=O)CCOC(=O)C(C)(C)OC=O. The highest BCUT2D eigenvalue weighted by Crippen LogP contribution is 2.10. The minimum absolute atomic E-state index is 0.0284. The summed E-state index contributed by atoms with van der Waals surface area (Å²) in [5, 5.41) is 0. The third-order valence-electron chi connectivity index (χ3n) is 1.60. The number of carbonyl (C=O) groups excluding carboxylic acids is 3. The van der Waals surface area contributed by atoms with Crippen LogP contribution in [0.5, 0.6) is 0 Å². The molecule has 0 saturated heterocycles. The van der Waals surface area contributed by atoms with Gasteiger partial charge in [-0.25, -0.2) is 4.79 Å². The Morgan fingerprint density at radius 1 is 1.33 bits per heavy atom. The summed E-state index contributed by atoms with van der Waals surface area (Å²) >= 11 is 0. The van der Waals surface area contributed by atoms with Gasteiger partial charge in [0.25, 0.3) is 6.47 Å². The Hall–Kier alpha value is -1.59. The van der Waals surface area contributed by atoms with Gasteiger partial charge >= 0.3 is 11.9 Å². The molecular weight excluding hydrogens is 204 g/mol. The van der Waals surface area contributed by atoms with Gasteiger partial charge in [-0.1, -0.05) is 0 Å². The van der Waals surface area contributed by atoms with Gasteiger partial charge in [-0.05, 0) is 13.8 Å². The molecule has 0 radical (unpaired) electrons. The van der Waals surface area contributed by atoms with Crippen LogP contribution in [0.25, 0.3) is 0 Å². The normalized spacial score (nSPS) is 10.3. The van der Waals surface area contributed by atoms with Crippen molar-refractivity contribution in [1.82, 2.24) is 0 Å². The molecule has 0 aliphatic carbocycles. The molecule has 0 spiro atoms. The number of carbonyl (C=O) groups is 3. The van der Waals surface area contributed by atoms with E-state index in [1.807, 2.05) is 0 Å². The largest absolute Gasteiger partial charge is 0.469 e. The van der Waals surface area contributed by atoms with Gasteiger partial charge in [0, 0.05) is 0 Å². The van der Waals surface area contributed by atoms with Crippen LogP contribution in [0.15, 0.2) is 0 Å². The summed E-state index contributed by atoms with van der Waals surface area (Å²) < 4.78 is 13.6. The van der Waals surface area contributed by atoms with E-state index in [-0.39, 0.29) is 19.5 Å². The quantitative estimate of drug-likeness (QED) is 0.356. The molecule has 0 bridgehead atoms. The number of esters is 2.